The van der Waals surface area contributed by atoms with Gasteiger partial charge in [-0.2, -0.15) is 0 Å². The van der Waals surface area contributed by atoms with Gasteiger partial charge >= 0.3 is 13.1 Å². The highest BCUT2D eigenvalue weighted by Gasteiger charge is 2.52. The molecule has 23 heavy (non-hydrogen) atoms. The van der Waals surface area contributed by atoms with Crippen molar-refractivity contribution in [2.75, 3.05) is 0 Å². The molecule has 7 heteroatoms. The van der Waals surface area contributed by atoms with E-state index < -0.39 is 30.0 Å². The zero-order valence-corrected chi connectivity index (χ0v) is 15.4. The van der Waals surface area contributed by atoms with Crippen LogP contribution < -0.4 is 5.32 Å². The van der Waals surface area contributed by atoms with Gasteiger partial charge in [-0.15, -0.1) is 0 Å². The Bertz CT molecular complexity index is 479. The van der Waals surface area contributed by atoms with Crippen LogP contribution in [0.5, 0.6) is 0 Å². The SMILES string of the molecule is CC(N/C=C(\C=N)B1OC(C)(C)C(C)(C)O1)C(=O)OC(C)(C)C. The van der Waals surface area contributed by atoms with E-state index in [1.165, 1.54) is 0 Å². The Hall–Kier alpha value is -1.34. The Morgan fingerprint density at radius 1 is 1.22 bits per heavy atom. The van der Waals surface area contributed by atoms with Crippen molar-refractivity contribution in [3.8, 4) is 0 Å². The number of carbonyl (C=O) groups is 1. The van der Waals surface area contributed by atoms with Crippen molar-refractivity contribution in [1.82, 2.24) is 5.32 Å². The van der Waals surface area contributed by atoms with Crippen molar-refractivity contribution >= 4 is 19.3 Å². The second kappa shape index (κ2) is 6.65. The number of allylic oxidation sites excluding steroid dienone is 1. The molecule has 1 atom stereocenters. The maximum absolute atomic E-state index is 12.0. The van der Waals surface area contributed by atoms with Gasteiger partial charge in [-0.1, -0.05) is 0 Å². The summed E-state index contributed by atoms with van der Waals surface area (Å²) in [5, 5.41) is 10.5. The summed E-state index contributed by atoms with van der Waals surface area (Å²) in [6, 6.07) is -0.536. The standard InChI is InChI=1S/C16H29BN2O4/c1-11(13(20)21-14(2,3)4)19-10-12(9-18)17-22-15(5,6)16(7,8)23-17/h9-11,18-19H,1-8H3/b12-10+,18-9?. The van der Waals surface area contributed by atoms with E-state index in [2.05, 4.69) is 5.32 Å². The van der Waals surface area contributed by atoms with Crippen LogP contribution in [0.2, 0.25) is 0 Å². The van der Waals surface area contributed by atoms with E-state index in [4.69, 9.17) is 19.5 Å². The number of ether oxygens (including phenoxy) is 1. The van der Waals surface area contributed by atoms with Crippen molar-refractivity contribution in [1.29, 1.82) is 5.41 Å². The lowest BCUT2D eigenvalue weighted by molar-refractivity contribution is -0.156. The van der Waals surface area contributed by atoms with Crippen molar-refractivity contribution in [3.05, 3.63) is 11.7 Å². The first-order chi connectivity index (χ1) is 10.3. The Kier molecular flexibility index (Phi) is 5.70. The molecule has 0 aromatic rings. The third kappa shape index (κ3) is 5.07. The molecule has 0 aliphatic carbocycles. The molecule has 1 saturated heterocycles. The van der Waals surface area contributed by atoms with Gasteiger partial charge in [0.2, 0.25) is 0 Å². The zero-order valence-electron chi connectivity index (χ0n) is 15.4. The molecule has 1 fully saturated rings. The van der Waals surface area contributed by atoms with Crippen LogP contribution in [-0.4, -0.2) is 42.1 Å². The second-order valence-electron chi connectivity index (χ2n) is 7.80. The highest BCUT2D eigenvalue weighted by molar-refractivity contribution is 6.60. The highest BCUT2D eigenvalue weighted by atomic mass is 16.7. The van der Waals surface area contributed by atoms with Crippen molar-refractivity contribution in [3.63, 3.8) is 0 Å². The molecule has 0 aromatic carbocycles. The normalized spacial score (nSPS) is 21.7. The van der Waals surface area contributed by atoms with Crippen LogP contribution >= 0.6 is 0 Å². The molecule has 1 unspecified atom stereocenters. The Morgan fingerprint density at radius 3 is 2.09 bits per heavy atom. The van der Waals surface area contributed by atoms with Crippen LogP contribution in [-0.2, 0) is 18.8 Å². The van der Waals surface area contributed by atoms with Gasteiger partial charge in [0.15, 0.2) is 0 Å². The summed E-state index contributed by atoms with van der Waals surface area (Å²) in [5.41, 5.74) is -0.973. The van der Waals surface area contributed by atoms with Gasteiger partial charge in [-0.3, -0.25) is 0 Å². The summed E-state index contributed by atoms with van der Waals surface area (Å²) in [5.74, 6) is -0.355. The van der Waals surface area contributed by atoms with Gasteiger partial charge in [0.05, 0.1) is 11.2 Å². The van der Waals surface area contributed by atoms with Crippen LogP contribution in [0.3, 0.4) is 0 Å². The average molecular weight is 324 g/mol. The van der Waals surface area contributed by atoms with Gasteiger partial charge in [0, 0.05) is 11.7 Å². The number of nitrogens with one attached hydrogen (secondary N) is 2. The predicted molar refractivity (Wildman–Crippen MR) is 91.4 cm³/mol. The molecule has 0 bridgehead atoms. The lowest BCUT2D eigenvalue weighted by atomic mass is 9.79. The molecule has 1 rings (SSSR count). The number of hydrogen-bond acceptors (Lipinski definition) is 6. The summed E-state index contributed by atoms with van der Waals surface area (Å²) in [6.07, 6.45) is 2.74. The van der Waals surface area contributed by atoms with Crippen LogP contribution in [0.1, 0.15) is 55.4 Å². The first-order valence-corrected chi connectivity index (χ1v) is 7.84. The third-order valence-electron chi connectivity index (χ3n) is 3.95. The molecular formula is C16H29BN2O4. The summed E-state index contributed by atoms with van der Waals surface area (Å²) in [4.78, 5) is 12.0. The molecule has 6 nitrogen and oxygen atoms in total. The van der Waals surface area contributed by atoms with Crippen LogP contribution in [0.15, 0.2) is 11.7 Å². The van der Waals surface area contributed by atoms with E-state index >= 15 is 0 Å². The van der Waals surface area contributed by atoms with Gasteiger partial charge in [-0.25, -0.2) is 4.79 Å². The quantitative estimate of drug-likeness (QED) is 0.461. The molecular weight excluding hydrogens is 295 g/mol. The minimum atomic E-state index is -0.643. The third-order valence-corrected chi connectivity index (χ3v) is 3.95. The molecule has 130 valence electrons. The molecule has 1 heterocycles. The number of rotatable bonds is 5. The summed E-state index contributed by atoms with van der Waals surface area (Å²) in [7, 11) is -0.643. The van der Waals surface area contributed by atoms with E-state index in [0.717, 1.165) is 6.21 Å². The van der Waals surface area contributed by atoms with Gasteiger partial charge < -0.3 is 24.8 Å². The largest absolute Gasteiger partial charge is 0.497 e. The van der Waals surface area contributed by atoms with Gasteiger partial charge in [-0.05, 0) is 61.6 Å². The minimum absolute atomic E-state index is 0.355. The van der Waals surface area contributed by atoms with E-state index in [1.54, 1.807) is 13.1 Å². The van der Waals surface area contributed by atoms with Crippen LogP contribution in [0, 0.1) is 5.41 Å². The molecule has 0 aromatic heterocycles. The average Bonchev–Trinajstić information content (AvgIpc) is 2.56. The Labute approximate surface area is 139 Å². The van der Waals surface area contributed by atoms with E-state index in [-0.39, 0.29) is 5.97 Å². The number of hydrogen-bond donors (Lipinski definition) is 2. The maximum atomic E-state index is 12.0. The van der Waals surface area contributed by atoms with E-state index in [9.17, 15) is 4.79 Å². The second-order valence-corrected chi connectivity index (χ2v) is 7.80. The molecule has 0 radical (unpaired) electrons. The smallest absolute Gasteiger partial charge is 0.458 e. The van der Waals surface area contributed by atoms with Crippen LogP contribution in [0.25, 0.3) is 0 Å². The molecule has 1 aliphatic rings. The Balaban J connectivity index is 2.74. The van der Waals surface area contributed by atoms with E-state index in [0.29, 0.717) is 5.47 Å². The topological polar surface area (TPSA) is 80.6 Å². The number of esters is 1. The molecule has 0 saturated carbocycles. The molecule has 1 aliphatic heterocycles. The van der Waals surface area contributed by atoms with Crippen molar-refractivity contribution < 1.29 is 18.8 Å². The molecule has 0 amide bonds. The minimum Gasteiger partial charge on any atom is -0.458 e. The van der Waals surface area contributed by atoms with Crippen molar-refractivity contribution in [2.45, 2.75) is 78.2 Å². The summed E-state index contributed by atoms with van der Waals surface area (Å²) < 4.78 is 17.1. The van der Waals surface area contributed by atoms with E-state index in [1.807, 2.05) is 48.5 Å². The fourth-order valence-corrected chi connectivity index (χ4v) is 1.84. The zero-order chi connectivity index (χ0) is 18.1. The summed E-state index contributed by atoms with van der Waals surface area (Å²) >= 11 is 0. The first kappa shape index (κ1) is 19.7. The van der Waals surface area contributed by atoms with Gasteiger partial charge in [0.1, 0.15) is 11.6 Å². The molecule has 0 spiro atoms. The van der Waals surface area contributed by atoms with Gasteiger partial charge in [0.25, 0.3) is 0 Å². The first-order valence-electron chi connectivity index (χ1n) is 7.84. The number of carbonyl (C=O) groups excluding carboxylic acids is 1. The predicted octanol–water partition coefficient (Wildman–Crippen LogP) is 2.47. The van der Waals surface area contributed by atoms with Crippen LogP contribution in [0.4, 0.5) is 0 Å². The van der Waals surface area contributed by atoms with Crippen molar-refractivity contribution in [2.24, 2.45) is 0 Å². The fraction of sp³-hybridized carbons (Fsp3) is 0.750. The fourth-order valence-electron chi connectivity index (χ4n) is 1.84. The Morgan fingerprint density at radius 2 is 1.70 bits per heavy atom. The molecule has 2 N–H and O–H groups in total. The summed E-state index contributed by atoms with van der Waals surface area (Å²) in [6.45, 7) is 15.0. The lowest BCUT2D eigenvalue weighted by Gasteiger charge is -2.32. The monoisotopic (exact) mass is 324 g/mol. The highest BCUT2D eigenvalue weighted by Crippen LogP contribution is 2.38. The lowest BCUT2D eigenvalue weighted by Crippen LogP contribution is -2.41. The maximum Gasteiger partial charge on any atom is 0.497 e.